The average Bonchev–Trinajstić information content (AvgIpc) is 3.68. The normalized spacial score (nSPS) is 11.7. The molecule has 0 spiro atoms. The number of fused-ring (bicyclic) bond motifs is 2. The van der Waals surface area contributed by atoms with Crippen molar-refractivity contribution in [3.05, 3.63) is 96.0 Å². The maximum Gasteiger partial charge on any atom is 0.306 e. The Morgan fingerprint density at radius 1 is 0.955 bits per heavy atom. The molecule has 4 heterocycles. The lowest BCUT2D eigenvalue weighted by Gasteiger charge is -2.15. The molecule has 0 unspecified atom stereocenters. The highest BCUT2D eigenvalue weighted by molar-refractivity contribution is 6.76. The van der Waals surface area contributed by atoms with E-state index in [9.17, 15) is 9.59 Å². The van der Waals surface area contributed by atoms with Gasteiger partial charge in [0, 0.05) is 53.8 Å². The van der Waals surface area contributed by atoms with E-state index in [4.69, 9.17) is 30.7 Å². The fraction of sp³-hybridized carbons (Fsp3) is 0.206. The Kier molecular flexibility index (Phi) is 8.16. The van der Waals surface area contributed by atoms with Crippen LogP contribution in [0.15, 0.2) is 89.8 Å². The summed E-state index contributed by atoms with van der Waals surface area (Å²) < 4.78 is 12.8. The van der Waals surface area contributed by atoms with E-state index >= 15 is 0 Å². The molecule has 2 aromatic carbocycles. The van der Waals surface area contributed by atoms with Crippen LogP contribution in [0.1, 0.15) is 23.2 Å². The molecule has 10 heteroatoms. The first kappa shape index (κ1) is 29.5. The van der Waals surface area contributed by atoms with Crippen molar-refractivity contribution in [2.45, 2.75) is 38.5 Å². The number of esters is 1. The Labute approximate surface area is 260 Å². The third kappa shape index (κ3) is 6.34. The second-order valence-electron chi connectivity index (χ2n) is 11.8. The summed E-state index contributed by atoms with van der Waals surface area (Å²) in [5, 5.41) is 1.96. The Balaban J connectivity index is 1.39. The number of carbonyl (C=O) groups excluding carboxylic acids is 2. The maximum absolute atomic E-state index is 13.5. The van der Waals surface area contributed by atoms with E-state index in [0.717, 1.165) is 22.8 Å². The van der Waals surface area contributed by atoms with Crippen molar-refractivity contribution in [3.63, 3.8) is 0 Å². The van der Waals surface area contributed by atoms with Gasteiger partial charge in [0.15, 0.2) is 5.78 Å². The number of nitrogens with zero attached hydrogens (tertiary/aromatic N) is 4. The predicted octanol–water partition coefficient (Wildman–Crippen LogP) is 8.39. The zero-order valence-corrected chi connectivity index (χ0v) is 26.5. The topological polar surface area (TPSA) is 100 Å². The van der Waals surface area contributed by atoms with E-state index in [2.05, 4.69) is 24.6 Å². The lowest BCUT2D eigenvalue weighted by atomic mass is 10.1. The smallest absolute Gasteiger partial charge is 0.306 e. The van der Waals surface area contributed by atoms with Crippen LogP contribution in [0, 0.1) is 0 Å². The molecule has 222 valence electrons. The summed E-state index contributed by atoms with van der Waals surface area (Å²) in [6, 6.07) is 21.5. The van der Waals surface area contributed by atoms with Crippen LogP contribution in [0.3, 0.4) is 0 Å². The molecule has 0 aliphatic heterocycles. The number of hydrogen-bond acceptors (Lipinski definition) is 7. The fourth-order valence-electron chi connectivity index (χ4n) is 5.00. The van der Waals surface area contributed by atoms with Gasteiger partial charge in [-0.05, 0) is 66.7 Å². The van der Waals surface area contributed by atoms with Crippen LogP contribution in [0.5, 0.6) is 0 Å². The molecule has 44 heavy (non-hydrogen) atoms. The standard InChI is InChI=1S/C34H31ClN4O4Si/c1-44(2,3)18-17-43-32(41)14-13-30(40)26-21-39(29-12-10-23(35)20-24(26)29)34-37-27-11-9-22(31-8-6-16-42-31)19-25(27)33(38-34)28-7-4-5-15-36-28/h4-12,15-16,19-21H,13-14,17-18H2,1-3H3. The van der Waals surface area contributed by atoms with Crippen LogP contribution in [0.25, 0.3) is 50.5 Å². The van der Waals surface area contributed by atoms with Gasteiger partial charge in [0.2, 0.25) is 5.95 Å². The van der Waals surface area contributed by atoms with E-state index in [1.807, 2.05) is 54.6 Å². The van der Waals surface area contributed by atoms with E-state index in [0.29, 0.717) is 50.9 Å². The van der Waals surface area contributed by atoms with Gasteiger partial charge in [-0.1, -0.05) is 37.3 Å². The summed E-state index contributed by atoms with van der Waals surface area (Å²) in [6.45, 7) is 7.06. The largest absolute Gasteiger partial charge is 0.466 e. The highest BCUT2D eigenvalue weighted by atomic mass is 35.5. The van der Waals surface area contributed by atoms with Gasteiger partial charge in [-0.3, -0.25) is 19.1 Å². The summed E-state index contributed by atoms with van der Waals surface area (Å²) in [6.07, 6.45) is 5.11. The summed E-state index contributed by atoms with van der Waals surface area (Å²) >= 11 is 6.37. The van der Waals surface area contributed by atoms with Gasteiger partial charge in [-0.15, -0.1) is 0 Å². The van der Waals surface area contributed by atoms with Crippen LogP contribution < -0.4 is 0 Å². The first-order chi connectivity index (χ1) is 21.2. The van der Waals surface area contributed by atoms with Crippen LogP contribution in [-0.4, -0.2) is 46.0 Å². The molecular formula is C34H31ClN4O4Si. The Hall–Kier alpha value is -4.60. The minimum atomic E-state index is -1.33. The minimum absolute atomic E-state index is 0.00602. The lowest BCUT2D eigenvalue weighted by molar-refractivity contribution is -0.143. The van der Waals surface area contributed by atoms with Gasteiger partial charge < -0.3 is 9.15 Å². The number of hydrogen-bond donors (Lipinski definition) is 0. The summed E-state index contributed by atoms with van der Waals surface area (Å²) in [5.41, 5.74) is 4.08. The SMILES string of the molecule is C[Si](C)(C)CCOC(=O)CCC(=O)c1cn(-c2nc(-c3ccccn3)c3cc(-c4ccco4)ccc3n2)c2ccc(Cl)cc12. The van der Waals surface area contributed by atoms with Gasteiger partial charge in [0.25, 0.3) is 0 Å². The monoisotopic (exact) mass is 622 g/mol. The zero-order chi connectivity index (χ0) is 30.8. The molecule has 0 aliphatic rings. The van der Waals surface area contributed by atoms with Crippen molar-refractivity contribution in [2.75, 3.05) is 6.61 Å². The summed E-state index contributed by atoms with van der Waals surface area (Å²) in [5.74, 6) is 0.553. The number of pyridine rings is 1. The predicted molar refractivity (Wildman–Crippen MR) is 175 cm³/mol. The van der Waals surface area contributed by atoms with Gasteiger partial charge in [0.1, 0.15) is 11.5 Å². The minimum Gasteiger partial charge on any atom is -0.466 e. The molecule has 0 amide bonds. The molecule has 0 saturated heterocycles. The molecule has 6 rings (SSSR count). The average molecular weight is 623 g/mol. The Bertz CT molecular complexity index is 1980. The van der Waals surface area contributed by atoms with Crippen LogP contribution in [0.2, 0.25) is 30.7 Å². The van der Waals surface area contributed by atoms with Gasteiger partial charge in [0.05, 0.1) is 36.0 Å². The third-order valence-corrected chi connectivity index (χ3v) is 9.29. The summed E-state index contributed by atoms with van der Waals surface area (Å²) in [7, 11) is -1.33. The first-order valence-electron chi connectivity index (χ1n) is 14.4. The van der Waals surface area contributed by atoms with Crippen molar-refractivity contribution in [1.82, 2.24) is 19.5 Å². The number of benzene rings is 2. The van der Waals surface area contributed by atoms with Crippen molar-refractivity contribution in [1.29, 1.82) is 0 Å². The van der Waals surface area contributed by atoms with Gasteiger partial charge >= 0.3 is 5.97 Å². The third-order valence-electron chi connectivity index (χ3n) is 7.35. The van der Waals surface area contributed by atoms with Gasteiger partial charge in [-0.25, -0.2) is 9.97 Å². The second kappa shape index (κ2) is 12.2. The number of furan rings is 1. The van der Waals surface area contributed by atoms with Crippen LogP contribution in [-0.2, 0) is 9.53 Å². The second-order valence-corrected chi connectivity index (χ2v) is 17.9. The number of ether oxygens (including phenoxy) is 1. The lowest BCUT2D eigenvalue weighted by Crippen LogP contribution is -2.22. The molecule has 0 radical (unpaired) electrons. The number of carbonyl (C=O) groups is 2. The molecule has 0 aliphatic carbocycles. The number of ketones is 1. The molecule has 0 atom stereocenters. The molecule has 0 N–H and O–H groups in total. The van der Waals surface area contributed by atoms with Crippen molar-refractivity contribution in [3.8, 4) is 28.7 Å². The number of halogens is 1. The van der Waals surface area contributed by atoms with E-state index in [1.165, 1.54) is 0 Å². The summed E-state index contributed by atoms with van der Waals surface area (Å²) in [4.78, 5) is 40.3. The van der Waals surface area contributed by atoms with E-state index in [1.54, 1.807) is 35.4 Å². The Morgan fingerprint density at radius 3 is 2.57 bits per heavy atom. The maximum atomic E-state index is 13.5. The molecule has 0 bridgehead atoms. The Morgan fingerprint density at radius 2 is 1.82 bits per heavy atom. The van der Waals surface area contributed by atoms with Crippen molar-refractivity contribution < 1.29 is 18.7 Å². The molecular weight excluding hydrogens is 592 g/mol. The van der Waals surface area contributed by atoms with Crippen molar-refractivity contribution >= 4 is 53.2 Å². The fourth-order valence-corrected chi connectivity index (χ4v) is 5.89. The quantitative estimate of drug-likeness (QED) is 0.0859. The van der Waals surface area contributed by atoms with Gasteiger partial charge in [-0.2, -0.15) is 0 Å². The van der Waals surface area contributed by atoms with Crippen LogP contribution >= 0.6 is 11.6 Å². The molecule has 0 saturated carbocycles. The molecule has 6 aromatic rings. The zero-order valence-electron chi connectivity index (χ0n) is 24.7. The number of aromatic nitrogens is 4. The first-order valence-corrected chi connectivity index (χ1v) is 18.5. The number of Topliss-reactive ketones (excluding diaryl/α,β-unsaturated/α-hetero) is 1. The van der Waals surface area contributed by atoms with E-state index in [-0.39, 0.29) is 24.6 Å². The van der Waals surface area contributed by atoms with E-state index < -0.39 is 8.07 Å². The van der Waals surface area contributed by atoms with Crippen LogP contribution in [0.4, 0.5) is 0 Å². The molecule has 8 nitrogen and oxygen atoms in total. The molecule has 0 fully saturated rings. The highest BCUT2D eigenvalue weighted by Crippen LogP contribution is 2.33. The highest BCUT2D eigenvalue weighted by Gasteiger charge is 2.21. The van der Waals surface area contributed by atoms with Crippen molar-refractivity contribution in [2.24, 2.45) is 0 Å². The molecule has 4 aromatic heterocycles. The number of rotatable bonds is 10.